The molecule has 0 aliphatic carbocycles. The molecule has 0 spiro atoms. The van der Waals surface area contributed by atoms with Crippen molar-refractivity contribution in [2.24, 2.45) is 0 Å². The summed E-state index contributed by atoms with van der Waals surface area (Å²) in [7, 11) is 3.26. The lowest BCUT2D eigenvalue weighted by molar-refractivity contribution is 0.146. The van der Waals surface area contributed by atoms with Gasteiger partial charge in [0.15, 0.2) is 0 Å². The predicted molar refractivity (Wildman–Crippen MR) is 146 cm³/mol. The minimum Gasteiger partial charge on any atom is -0.493 e. The van der Waals surface area contributed by atoms with Crippen LogP contribution in [0.5, 0.6) is 17.2 Å². The van der Waals surface area contributed by atoms with Gasteiger partial charge >= 0.3 is 0 Å². The highest BCUT2D eigenvalue weighted by molar-refractivity contribution is 5.77. The molecule has 0 unspecified atom stereocenters. The topological polar surface area (TPSA) is 46.2 Å². The average Bonchev–Trinajstić information content (AvgIpc) is 2.91. The summed E-state index contributed by atoms with van der Waals surface area (Å²) in [4.78, 5) is 0. The molecule has 0 saturated carbocycles. The van der Waals surface area contributed by atoms with Crippen molar-refractivity contribution in [3.05, 3.63) is 66.5 Å². The zero-order chi connectivity index (χ0) is 26.3. The van der Waals surface area contributed by atoms with Gasteiger partial charge in [-0.2, -0.15) is 0 Å². The summed E-state index contributed by atoms with van der Waals surface area (Å²) in [6.07, 6.45) is 5.79. The van der Waals surface area contributed by atoms with E-state index in [0.29, 0.717) is 38.8 Å². The Bertz CT molecular complexity index is 1080. The van der Waals surface area contributed by atoms with Gasteiger partial charge in [-0.15, -0.1) is 0 Å². The molecule has 0 atom stereocenters. The number of halogens is 1. The summed E-state index contributed by atoms with van der Waals surface area (Å²) in [5, 5.41) is 0. The Labute approximate surface area is 220 Å². The molecular formula is C31H39FO5. The molecule has 0 saturated heterocycles. The van der Waals surface area contributed by atoms with Crippen molar-refractivity contribution in [1.29, 1.82) is 0 Å². The Balaban J connectivity index is 1.87. The highest BCUT2D eigenvalue weighted by Gasteiger charge is 2.12. The van der Waals surface area contributed by atoms with Gasteiger partial charge in [0.25, 0.3) is 0 Å². The lowest BCUT2D eigenvalue weighted by atomic mass is 9.98. The molecule has 200 valence electrons. The lowest BCUT2D eigenvalue weighted by Gasteiger charge is -2.15. The molecule has 0 aromatic heterocycles. The molecule has 5 nitrogen and oxygen atoms in total. The van der Waals surface area contributed by atoms with Crippen LogP contribution < -0.4 is 14.2 Å². The first-order chi connectivity index (χ1) is 18.1. The van der Waals surface area contributed by atoms with E-state index in [4.69, 9.17) is 23.7 Å². The number of hydrogen-bond acceptors (Lipinski definition) is 5. The van der Waals surface area contributed by atoms with Crippen LogP contribution >= 0.6 is 0 Å². The summed E-state index contributed by atoms with van der Waals surface area (Å²) >= 11 is 0. The van der Waals surface area contributed by atoms with Gasteiger partial charge in [0.2, 0.25) is 0 Å². The van der Waals surface area contributed by atoms with E-state index in [1.807, 2.05) is 48.5 Å². The van der Waals surface area contributed by atoms with E-state index in [2.05, 4.69) is 6.92 Å². The molecule has 0 amide bonds. The van der Waals surface area contributed by atoms with Gasteiger partial charge in [0, 0.05) is 25.8 Å². The molecule has 0 aliphatic heterocycles. The third-order valence-electron chi connectivity index (χ3n) is 5.95. The van der Waals surface area contributed by atoms with E-state index < -0.39 is 0 Å². The molecule has 0 fully saturated rings. The molecule has 0 N–H and O–H groups in total. The van der Waals surface area contributed by atoms with Crippen LogP contribution in [0, 0.1) is 5.82 Å². The van der Waals surface area contributed by atoms with Crippen LogP contribution in [0.2, 0.25) is 0 Å². The zero-order valence-electron chi connectivity index (χ0n) is 22.3. The first-order valence-electron chi connectivity index (χ1n) is 13.1. The van der Waals surface area contributed by atoms with E-state index in [1.165, 1.54) is 31.4 Å². The molecule has 3 aromatic carbocycles. The lowest BCUT2D eigenvalue weighted by Crippen LogP contribution is -2.04. The van der Waals surface area contributed by atoms with Gasteiger partial charge in [-0.3, -0.25) is 0 Å². The maximum atomic E-state index is 14.4. The third-order valence-corrected chi connectivity index (χ3v) is 5.95. The molecule has 3 rings (SSSR count). The van der Waals surface area contributed by atoms with Crippen LogP contribution in [0.15, 0.2) is 60.7 Å². The van der Waals surface area contributed by atoms with Gasteiger partial charge < -0.3 is 23.7 Å². The minimum atomic E-state index is -0.353. The van der Waals surface area contributed by atoms with Crippen molar-refractivity contribution < 1.29 is 28.1 Å². The van der Waals surface area contributed by atoms with Gasteiger partial charge in [-0.25, -0.2) is 4.39 Å². The Kier molecular flexibility index (Phi) is 12.2. The summed E-state index contributed by atoms with van der Waals surface area (Å²) < 4.78 is 42.3. The van der Waals surface area contributed by atoms with E-state index in [1.54, 1.807) is 14.2 Å². The van der Waals surface area contributed by atoms with Crippen LogP contribution in [0.3, 0.4) is 0 Å². The molecule has 0 bridgehead atoms. The Hall–Kier alpha value is -3.09. The standard InChI is InChI=1S/C31H39FO5/c1-4-5-6-7-8-14-37-31-22-24(26-19-27(32)23-29(21-26)36-18-16-34-3)12-13-30(31)25-10-9-11-28(20-25)35-17-15-33-2/h9-13,19-23H,4-8,14-18H2,1-3H3. The van der Waals surface area contributed by atoms with Gasteiger partial charge in [-0.1, -0.05) is 56.9 Å². The smallest absolute Gasteiger partial charge is 0.127 e. The zero-order valence-corrected chi connectivity index (χ0v) is 22.3. The van der Waals surface area contributed by atoms with Crippen molar-refractivity contribution in [3.8, 4) is 39.5 Å². The molecule has 6 heteroatoms. The van der Waals surface area contributed by atoms with Crippen molar-refractivity contribution in [2.45, 2.75) is 39.0 Å². The second-order valence-corrected chi connectivity index (χ2v) is 8.86. The second kappa shape index (κ2) is 15.9. The summed E-state index contributed by atoms with van der Waals surface area (Å²) in [5.74, 6) is 1.64. The van der Waals surface area contributed by atoms with Gasteiger partial charge in [-0.05, 0) is 53.4 Å². The molecule has 0 radical (unpaired) electrons. The highest BCUT2D eigenvalue weighted by Crippen LogP contribution is 2.37. The fourth-order valence-corrected chi connectivity index (χ4v) is 4.00. The minimum absolute atomic E-state index is 0.353. The summed E-state index contributed by atoms with van der Waals surface area (Å²) in [5.41, 5.74) is 3.53. The highest BCUT2D eigenvalue weighted by atomic mass is 19.1. The first-order valence-corrected chi connectivity index (χ1v) is 13.1. The summed E-state index contributed by atoms with van der Waals surface area (Å²) in [6, 6.07) is 18.7. The van der Waals surface area contributed by atoms with Crippen LogP contribution in [0.25, 0.3) is 22.3 Å². The molecule has 0 aliphatic rings. The maximum absolute atomic E-state index is 14.4. The van der Waals surface area contributed by atoms with Gasteiger partial charge in [0.1, 0.15) is 36.3 Å². The van der Waals surface area contributed by atoms with E-state index >= 15 is 0 Å². The quantitative estimate of drug-likeness (QED) is 0.175. The molecule has 0 heterocycles. The first kappa shape index (κ1) is 28.5. The fraction of sp³-hybridized carbons (Fsp3) is 0.419. The van der Waals surface area contributed by atoms with E-state index in [9.17, 15) is 4.39 Å². The van der Waals surface area contributed by atoms with Crippen LogP contribution in [-0.2, 0) is 9.47 Å². The Morgan fingerprint density at radius 1 is 0.595 bits per heavy atom. The number of methoxy groups -OCH3 is 2. The third kappa shape index (κ3) is 9.38. The molecular weight excluding hydrogens is 471 g/mol. The molecule has 37 heavy (non-hydrogen) atoms. The van der Waals surface area contributed by atoms with Crippen LogP contribution in [-0.4, -0.2) is 47.3 Å². The number of benzene rings is 3. The van der Waals surface area contributed by atoms with E-state index in [0.717, 1.165) is 46.6 Å². The Morgan fingerprint density at radius 2 is 1.32 bits per heavy atom. The van der Waals surface area contributed by atoms with Crippen LogP contribution in [0.4, 0.5) is 4.39 Å². The van der Waals surface area contributed by atoms with Gasteiger partial charge in [0.05, 0.1) is 19.8 Å². The van der Waals surface area contributed by atoms with Crippen molar-refractivity contribution >= 4 is 0 Å². The normalized spacial score (nSPS) is 10.9. The largest absolute Gasteiger partial charge is 0.493 e. The predicted octanol–water partition coefficient (Wildman–Crippen LogP) is 7.56. The number of ether oxygens (including phenoxy) is 5. The van der Waals surface area contributed by atoms with Crippen LogP contribution in [0.1, 0.15) is 39.0 Å². The van der Waals surface area contributed by atoms with Crippen molar-refractivity contribution in [3.63, 3.8) is 0 Å². The maximum Gasteiger partial charge on any atom is 0.127 e. The fourth-order valence-electron chi connectivity index (χ4n) is 4.00. The van der Waals surface area contributed by atoms with Crippen molar-refractivity contribution in [2.75, 3.05) is 47.3 Å². The average molecular weight is 511 g/mol. The summed E-state index contributed by atoms with van der Waals surface area (Å²) in [6.45, 7) is 4.63. The SMILES string of the molecule is CCCCCCCOc1cc(-c2cc(F)cc(OCCOC)c2)ccc1-c1cccc(OCCOC)c1. The van der Waals surface area contributed by atoms with E-state index in [-0.39, 0.29) is 5.82 Å². The second-order valence-electron chi connectivity index (χ2n) is 8.86. The molecule has 3 aromatic rings. The number of hydrogen-bond donors (Lipinski definition) is 0. The monoisotopic (exact) mass is 510 g/mol. The number of unbranched alkanes of at least 4 members (excludes halogenated alkanes) is 4. The van der Waals surface area contributed by atoms with Crippen molar-refractivity contribution in [1.82, 2.24) is 0 Å². The number of rotatable bonds is 17. The Morgan fingerprint density at radius 3 is 2.08 bits per heavy atom.